The molecule has 1 atom stereocenters. The minimum atomic E-state index is -1.15. The van der Waals surface area contributed by atoms with Crippen LogP contribution in [-0.2, 0) is 0 Å². The number of aliphatic hydroxyl groups excluding tert-OH is 1. The van der Waals surface area contributed by atoms with Gasteiger partial charge in [0.25, 0.3) is 0 Å². The Morgan fingerprint density at radius 1 is 1.62 bits per heavy atom. The average molecular weight is 181 g/mol. The molecule has 1 unspecified atom stereocenters. The highest BCUT2D eigenvalue weighted by atomic mass is 19.1. The summed E-state index contributed by atoms with van der Waals surface area (Å²) >= 11 is 0. The number of hydrogen-bond donors (Lipinski definition) is 1. The molecule has 0 bridgehead atoms. The zero-order chi connectivity index (χ0) is 9.26. The Labute approximate surface area is 73.6 Å². The van der Waals surface area contributed by atoms with Gasteiger partial charge in [-0.1, -0.05) is 0 Å². The second-order valence-electron chi connectivity index (χ2n) is 2.66. The summed E-state index contributed by atoms with van der Waals surface area (Å²) < 4.78 is 13.6. The molecule has 0 amide bonds. The van der Waals surface area contributed by atoms with Crippen molar-refractivity contribution in [3.63, 3.8) is 0 Å². The molecule has 0 spiro atoms. The Hall–Kier alpha value is -1.49. The van der Waals surface area contributed by atoms with E-state index in [4.69, 9.17) is 5.11 Å². The molecule has 4 nitrogen and oxygen atoms in total. The Bertz CT molecular complexity index is 381. The van der Waals surface area contributed by atoms with E-state index in [2.05, 4.69) is 10.1 Å². The van der Waals surface area contributed by atoms with E-state index in [1.165, 1.54) is 4.52 Å². The van der Waals surface area contributed by atoms with E-state index in [1.54, 1.807) is 24.5 Å². The average Bonchev–Trinajstić information content (AvgIpc) is 2.59. The van der Waals surface area contributed by atoms with E-state index in [0.717, 1.165) is 0 Å². The third-order valence-electron chi connectivity index (χ3n) is 1.74. The maximum Gasteiger partial charge on any atom is 0.155 e. The van der Waals surface area contributed by atoms with Crippen molar-refractivity contribution in [1.29, 1.82) is 0 Å². The van der Waals surface area contributed by atoms with E-state index in [9.17, 15) is 4.39 Å². The summed E-state index contributed by atoms with van der Waals surface area (Å²) in [6, 6.07) is 3.27. The molecule has 0 saturated carbocycles. The van der Waals surface area contributed by atoms with Gasteiger partial charge in [-0.25, -0.2) is 13.9 Å². The second-order valence-corrected chi connectivity index (χ2v) is 2.66. The summed E-state index contributed by atoms with van der Waals surface area (Å²) in [7, 11) is 0. The largest absolute Gasteiger partial charge is 0.384 e. The fraction of sp³-hybridized carbons (Fsp3) is 0.250. The molecule has 2 heterocycles. The van der Waals surface area contributed by atoms with E-state index in [0.29, 0.717) is 11.3 Å². The van der Waals surface area contributed by atoms with E-state index in [-0.39, 0.29) is 0 Å². The lowest BCUT2D eigenvalue weighted by Gasteiger charge is -1.97. The molecule has 0 radical (unpaired) electrons. The maximum atomic E-state index is 12.1. The first-order valence-corrected chi connectivity index (χ1v) is 3.85. The molecule has 5 heteroatoms. The summed E-state index contributed by atoms with van der Waals surface area (Å²) in [4.78, 5) is 3.99. The lowest BCUT2D eigenvalue weighted by molar-refractivity contribution is 0.137. The Balaban J connectivity index is 2.49. The molecule has 0 aliphatic carbocycles. The molecule has 0 aromatic carbocycles. The van der Waals surface area contributed by atoms with Crippen LogP contribution >= 0.6 is 0 Å². The van der Waals surface area contributed by atoms with Crippen LogP contribution in [0.1, 0.15) is 11.8 Å². The van der Waals surface area contributed by atoms with Crippen LogP contribution in [0.2, 0.25) is 0 Å². The van der Waals surface area contributed by atoms with Gasteiger partial charge in [-0.05, 0) is 6.07 Å². The maximum absolute atomic E-state index is 12.1. The van der Waals surface area contributed by atoms with Gasteiger partial charge in [0.15, 0.2) is 5.65 Å². The van der Waals surface area contributed by atoms with Crippen LogP contribution in [0.15, 0.2) is 24.5 Å². The highest BCUT2D eigenvalue weighted by Crippen LogP contribution is 2.12. The number of fused-ring (bicyclic) bond motifs is 1. The topological polar surface area (TPSA) is 50.4 Å². The zero-order valence-corrected chi connectivity index (χ0v) is 6.76. The summed E-state index contributed by atoms with van der Waals surface area (Å²) in [5, 5.41) is 13.1. The number of alkyl halides is 1. The molecule has 0 aliphatic heterocycles. The minimum absolute atomic E-state index is 0.307. The Kier molecular flexibility index (Phi) is 1.94. The Morgan fingerprint density at radius 3 is 3.15 bits per heavy atom. The fourth-order valence-corrected chi connectivity index (χ4v) is 1.09. The standard InChI is InChI=1S/C8H8FN3O/c9-5-7(13)6-4-8-10-2-1-3-12(8)11-6/h1-4,7,13H,5H2. The van der Waals surface area contributed by atoms with E-state index < -0.39 is 12.8 Å². The number of hydrogen-bond acceptors (Lipinski definition) is 3. The van der Waals surface area contributed by atoms with Gasteiger partial charge in [-0.15, -0.1) is 0 Å². The first-order valence-electron chi connectivity index (χ1n) is 3.85. The van der Waals surface area contributed by atoms with Crippen LogP contribution in [0.4, 0.5) is 4.39 Å². The van der Waals surface area contributed by atoms with Gasteiger partial charge in [0, 0.05) is 18.5 Å². The second kappa shape index (κ2) is 3.10. The molecule has 0 aliphatic rings. The number of aliphatic hydroxyl groups is 1. The van der Waals surface area contributed by atoms with Crippen molar-refractivity contribution in [3.05, 3.63) is 30.2 Å². The van der Waals surface area contributed by atoms with Crippen molar-refractivity contribution in [2.24, 2.45) is 0 Å². The van der Waals surface area contributed by atoms with Gasteiger partial charge in [0.2, 0.25) is 0 Å². The lowest BCUT2D eigenvalue weighted by Crippen LogP contribution is -2.00. The van der Waals surface area contributed by atoms with E-state index in [1.807, 2.05) is 0 Å². The monoisotopic (exact) mass is 181 g/mol. The first kappa shape index (κ1) is 8.12. The quantitative estimate of drug-likeness (QED) is 0.743. The van der Waals surface area contributed by atoms with Crippen LogP contribution in [0.5, 0.6) is 0 Å². The normalized spacial score (nSPS) is 13.4. The van der Waals surface area contributed by atoms with Crippen LogP contribution in [0, 0.1) is 0 Å². The number of halogens is 1. The van der Waals surface area contributed by atoms with Crippen LogP contribution in [0.25, 0.3) is 5.65 Å². The van der Waals surface area contributed by atoms with Crippen molar-refractivity contribution in [2.45, 2.75) is 6.10 Å². The molecule has 1 N–H and O–H groups in total. The molecule has 0 saturated heterocycles. The molecular weight excluding hydrogens is 173 g/mol. The van der Waals surface area contributed by atoms with Crippen molar-refractivity contribution in [1.82, 2.24) is 14.6 Å². The molecule has 2 aromatic heterocycles. The molecular formula is C8H8FN3O. The molecule has 68 valence electrons. The summed E-state index contributed by atoms with van der Waals surface area (Å²) in [5.41, 5.74) is 0.909. The fourth-order valence-electron chi connectivity index (χ4n) is 1.09. The minimum Gasteiger partial charge on any atom is -0.384 e. The molecule has 13 heavy (non-hydrogen) atoms. The summed E-state index contributed by atoms with van der Waals surface area (Å²) in [6.07, 6.45) is 2.15. The first-order chi connectivity index (χ1) is 6.31. The van der Waals surface area contributed by atoms with Crippen LogP contribution in [0.3, 0.4) is 0 Å². The SMILES string of the molecule is OC(CF)c1cc2ncccn2n1. The van der Waals surface area contributed by atoms with Gasteiger partial charge in [0.05, 0.1) is 5.69 Å². The van der Waals surface area contributed by atoms with Gasteiger partial charge >= 0.3 is 0 Å². The third kappa shape index (κ3) is 1.38. The summed E-state index contributed by atoms with van der Waals surface area (Å²) in [6.45, 7) is -0.829. The van der Waals surface area contributed by atoms with E-state index >= 15 is 0 Å². The van der Waals surface area contributed by atoms with Crippen molar-refractivity contribution >= 4 is 5.65 Å². The summed E-state index contributed by atoms with van der Waals surface area (Å²) in [5.74, 6) is 0. The van der Waals surface area contributed by atoms with Crippen molar-refractivity contribution in [3.8, 4) is 0 Å². The number of nitrogens with zero attached hydrogens (tertiary/aromatic N) is 3. The smallest absolute Gasteiger partial charge is 0.155 e. The molecule has 2 rings (SSSR count). The number of aromatic nitrogens is 3. The van der Waals surface area contributed by atoms with Crippen LogP contribution in [-0.4, -0.2) is 26.4 Å². The lowest BCUT2D eigenvalue weighted by atomic mass is 10.3. The third-order valence-corrected chi connectivity index (χ3v) is 1.74. The number of rotatable bonds is 2. The predicted molar refractivity (Wildman–Crippen MR) is 43.9 cm³/mol. The van der Waals surface area contributed by atoms with Crippen LogP contribution < -0.4 is 0 Å². The molecule has 2 aromatic rings. The predicted octanol–water partition coefficient (Wildman–Crippen LogP) is 0.732. The van der Waals surface area contributed by atoms with Crippen molar-refractivity contribution < 1.29 is 9.50 Å². The van der Waals surface area contributed by atoms with Crippen molar-refractivity contribution in [2.75, 3.05) is 6.67 Å². The van der Waals surface area contributed by atoms with Gasteiger partial charge in [-0.3, -0.25) is 0 Å². The van der Waals surface area contributed by atoms with Gasteiger partial charge < -0.3 is 5.11 Å². The Morgan fingerprint density at radius 2 is 2.46 bits per heavy atom. The highest BCUT2D eigenvalue weighted by molar-refractivity contribution is 5.38. The molecule has 0 fully saturated rings. The van der Waals surface area contributed by atoms with Gasteiger partial charge in [0.1, 0.15) is 12.8 Å². The van der Waals surface area contributed by atoms with Gasteiger partial charge in [-0.2, -0.15) is 5.10 Å². The highest BCUT2D eigenvalue weighted by Gasteiger charge is 2.11. The zero-order valence-electron chi connectivity index (χ0n) is 6.76.